The Morgan fingerprint density at radius 3 is 1.83 bits per heavy atom. The van der Waals surface area contributed by atoms with E-state index in [-0.39, 0.29) is 39.4 Å². The molecule has 0 spiro atoms. The first kappa shape index (κ1) is 16.0. The minimum absolute atomic E-state index is 0. The molecule has 0 aliphatic carbocycles. The van der Waals surface area contributed by atoms with Gasteiger partial charge >= 0.3 is 29.6 Å². The van der Waals surface area contributed by atoms with Gasteiger partial charge in [-0.3, -0.25) is 4.79 Å². The maximum absolute atomic E-state index is 9.00. The molecule has 0 aromatic heterocycles. The predicted octanol–water partition coefficient (Wildman–Crippen LogP) is -1.50. The van der Waals surface area contributed by atoms with E-state index in [1.54, 1.807) is 0 Å². The molecule has 0 radical (unpaired) electrons. The van der Waals surface area contributed by atoms with E-state index in [0.717, 1.165) is 6.92 Å². The van der Waals surface area contributed by atoms with E-state index in [0.29, 0.717) is 0 Å². The summed E-state index contributed by atoms with van der Waals surface area (Å²) in [6, 6.07) is 0. The molecule has 1 N–H and O–H groups in total. The molecule has 0 saturated carbocycles. The van der Waals surface area contributed by atoms with Crippen LogP contribution < -0.4 is 0 Å². The molecule has 2 nitrogen and oxygen atoms in total. The molecule has 0 saturated heterocycles. The van der Waals surface area contributed by atoms with Crippen LogP contribution in [0.15, 0.2) is 0 Å². The monoisotopic (exact) mass is 100 g/mol. The van der Waals surface area contributed by atoms with E-state index in [2.05, 4.69) is 0 Å². The van der Waals surface area contributed by atoms with Crippen LogP contribution >= 0.6 is 0 Å². The zero-order chi connectivity index (χ0) is 3.58. The van der Waals surface area contributed by atoms with Gasteiger partial charge in [0.2, 0.25) is 0 Å². The zero-order valence-electron chi connectivity index (χ0n) is 2.36. The summed E-state index contributed by atoms with van der Waals surface area (Å²) in [5, 5.41) is 7.42. The van der Waals surface area contributed by atoms with Gasteiger partial charge in [0.15, 0.2) is 0 Å². The molecule has 6 heavy (non-hydrogen) atoms. The summed E-state index contributed by atoms with van der Waals surface area (Å²) >= 11 is 0. The van der Waals surface area contributed by atoms with Gasteiger partial charge in [0, 0.05) is 8.35 Å². The van der Waals surface area contributed by atoms with E-state index < -0.39 is 5.97 Å². The van der Waals surface area contributed by atoms with Gasteiger partial charge in [-0.15, -0.1) is 0 Å². The fourth-order valence-corrected chi connectivity index (χ4v) is 0. The summed E-state index contributed by atoms with van der Waals surface area (Å²) in [4.78, 5) is 9.00. The van der Waals surface area contributed by atoms with Crippen molar-refractivity contribution < 1.29 is 11.3 Å². The number of hydrogen-bond donors (Lipinski definition) is 1. The van der Waals surface area contributed by atoms with Gasteiger partial charge in [-0.05, 0) is 0 Å². The normalized spacial score (nSPS) is 4.17. The third kappa shape index (κ3) is 198. The first-order chi connectivity index (χ1) is 1.73. The summed E-state index contributed by atoms with van der Waals surface area (Å²) in [6.45, 7) is 1.08. The SMILES string of the molecule is B.CC(=O)O.[HH].[NaH]. The second-order valence-corrected chi connectivity index (χ2v) is 0.519. The van der Waals surface area contributed by atoms with Crippen LogP contribution in [0.2, 0.25) is 0 Å². The summed E-state index contributed by atoms with van der Waals surface area (Å²) in [6.07, 6.45) is 0. The summed E-state index contributed by atoms with van der Waals surface area (Å²) < 4.78 is 0. The van der Waals surface area contributed by atoms with Crippen molar-refractivity contribution in [2.45, 2.75) is 6.92 Å². The Hall–Kier alpha value is 0.535. The number of rotatable bonds is 0. The van der Waals surface area contributed by atoms with Gasteiger partial charge in [0.1, 0.15) is 0 Å². The van der Waals surface area contributed by atoms with E-state index in [4.69, 9.17) is 9.90 Å². The molecule has 0 amide bonds. The maximum atomic E-state index is 9.00. The standard InChI is InChI=1S/C2H4O2.BH3.Na.H2.H/c1-2(3)4;;;;/h1H3,(H,3,4);1H3;;1H;. The third-order valence-corrected chi connectivity index (χ3v) is 0. The summed E-state index contributed by atoms with van der Waals surface area (Å²) in [5.74, 6) is -0.833. The predicted molar refractivity (Wildman–Crippen MR) is 32.5 cm³/mol. The Labute approximate surface area is 62.3 Å². The molecule has 0 rings (SSSR count). The molecule has 0 aromatic rings. The van der Waals surface area contributed by atoms with Crippen LogP contribution in [0.5, 0.6) is 0 Å². The van der Waals surface area contributed by atoms with Crippen molar-refractivity contribution in [1.29, 1.82) is 0 Å². The second kappa shape index (κ2) is 9.11. The average molecular weight is 99.9 g/mol. The molecule has 0 aromatic carbocycles. The molecule has 0 fully saturated rings. The van der Waals surface area contributed by atoms with Crippen molar-refractivity contribution >= 4 is 43.9 Å². The third-order valence-electron chi connectivity index (χ3n) is 0. The van der Waals surface area contributed by atoms with Crippen LogP contribution in [0.3, 0.4) is 0 Å². The van der Waals surface area contributed by atoms with Crippen LogP contribution in [0.4, 0.5) is 0 Å². The second-order valence-electron chi connectivity index (χ2n) is 0.519. The number of hydrogen-bond acceptors (Lipinski definition) is 1. The van der Waals surface area contributed by atoms with Crippen LogP contribution in [0.25, 0.3) is 0 Å². The molecule has 0 aliphatic heterocycles. The molecule has 0 atom stereocenters. The van der Waals surface area contributed by atoms with Crippen LogP contribution in [-0.2, 0) is 4.79 Å². The quantitative estimate of drug-likeness (QED) is 0.376. The van der Waals surface area contributed by atoms with Gasteiger partial charge < -0.3 is 5.11 Å². The van der Waals surface area contributed by atoms with Crippen molar-refractivity contribution in [2.75, 3.05) is 0 Å². The summed E-state index contributed by atoms with van der Waals surface area (Å²) in [7, 11) is 0. The van der Waals surface area contributed by atoms with Gasteiger partial charge in [0.25, 0.3) is 5.97 Å². The Bertz CT molecular complexity index is 38.7. The van der Waals surface area contributed by atoms with Crippen LogP contribution in [0.1, 0.15) is 8.35 Å². The molecular formula is C2H10BNaO2. The van der Waals surface area contributed by atoms with Crippen LogP contribution in [-0.4, -0.2) is 49.0 Å². The van der Waals surface area contributed by atoms with Gasteiger partial charge in [-0.2, -0.15) is 0 Å². The zero-order valence-corrected chi connectivity index (χ0v) is 2.36. The van der Waals surface area contributed by atoms with Crippen molar-refractivity contribution in [3.8, 4) is 0 Å². The Kier molecular flexibility index (Phi) is 24.3. The van der Waals surface area contributed by atoms with Crippen molar-refractivity contribution in [3.63, 3.8) is 0 Å². The molecule has 4 heteroatoms. The van der Waals surface area contributed by atoms with Crippen molar-refractivity contribution in [1.82, 2.24) is 0 Å². The van der Waals surface area contributed by atoms with Crippen molar-refractivity contribution in [2.24, 2.45) is 0 Å². The van der Waals surface area contributed by atoms with E-state index in [9.17, 15) is 0 Å². The summed E-state index contributed by atoms with van der Waals surface area (Å²) in [5.41, 5.74) is 0. The number of carboxylic acids is 1. The van der Waals surface area contributed by atoms with Gasteiger partial charge in [-0.25, -0.2) is 0 Å². The Morgan fingerprint density at radius 2 is 1.83 bits per heavy atom. The molecule has 0 unspecified atom stereocenters. The number of carboxylic acid groups (broad SMARTS) is 1. The van der Waals surface area contributed by atoms with E-state index >= 15 is 0 Å². The number of aliphatic carboxylic acids is 1. The Morgan fingerprint density at radius 1 is 1.83 bits per heavy atom. The molecule has 0 bridgehead atoms. The van der Waals surface area contributed by atoms with Gasteiger partial charge in [0.05, 0.1) is 8.41 Å². The first-order valence-electron chi connectivity index (χ1n) is 0.928. The fraction of sp³-hybridized carbons (Fsp3) is 0.500. The first-order valence-corrected chi connectivity index (χ1v) is 0.928. The van der Waals surface area contributed by atoms with E-state index in [1.165, 1.54) is 0 Å². The van der Waals surface area contributed by atoms with Gasteiger partial charge in [-0.1, -0.05) is 0 Å². The molecular weight excluding hydrogens is 89.8 g/mol. The molecule has 0 heterocycles. The minimum atomic E-state index is -0.833. The molecule has 0 aliphatic rings. The van der Waals surface area contributed by atoms with E-state index in [1.807, 2.05) is 0 Å². The Balaban J connectivity index is -0.0000000150. The van der Waals surface area contributed by atoms with Crippen LogP contribution in [0, 0.1) is 0 Å². The number of carbonyl (C=O) groups is 1. The average Bonchev–Trinajstić information content (AvgIpc) is 0.811. The van der Waals surface area contributed by atoms with Crippen molar-refractivity contribution in [3.05, 3.63) is 0 Å². The topological polar surface area (TPSA) is 37.3 Å². The molecule has 34 valence electrons. The fourth-order valence-electron chi connectivity index (χ4n) is 0.